The average molecular weight is 344 g/mol. The summed E-state index contributed by atoms with van der Waals surface area (Å²) >= 11 is 3.55. The van der Waals surface area contributed by atoms with Gasteiger partial charge in [0.15, 0.2) is 0 Å². The Labute approximate surface area is 128 Å². The fourth-order valence-electron chi connectivity index (χ4n) is 1.78. The molecule has 4 nitrogen and oxygen atoms in total. The van der Waals surface area contributed by atoms with Crippen molar-refractivity contribution in [3.05, 3.63) is 28.2 Å². The van der Waals surface area contributed by atoms with Gasteiger partial charge in [0.2, 0.25) is 0 Å². The number of rotatable bonds is 10. The van der Waals surface area contributed by atoms with Crippen molar-refractivity contribution in [3.63, 3.8) is 0 Å². The van der Waals surface area contributed by atoms with E-state index in [1.807, 2.05) is 6.07 Å². The van der Waals surface area contributed by atoms with Gasteiger partial charge in [0.05, 0.1) is 24.3 Å². The lowest BCUT2D eigenvalue weighted by Crippen LogP contribution is -2.15. The summed E-state index contributed by atoms with van der Waals surface area (Å²) in [7, 11) is 1.66. The molecule has 0 heterocycles. The molecular formula is C15H22BrNO3. The number of hydrogen-bond acceptors (Lipinski definition) is 4. The Morgan fingerprint density at radius 2 is 2.00 bits per heavy atom. The van der Waals surface area contributed by atoms with Gasteiger partial charge in [-0.1, -0.05) is 6.07 Å². The maximum atomic E-state index is 5.68. The van der Waals surface area contributed by atoms with E-state index in [1.165, 1.54) is 18.4 Å². The first kappa shape index (κ1) is 15.8. The predicted octanol–water partition coefficient (Wildman–Crippen LogP) is 2.74. The quantitative estimate of drug-likeness (QED) is 0.663. The number of ether oxygens (including phenoxy) is 3. The molecular weight excluding hydrogens is 322 g/mol. The molecule has 0 unspecified atom stereocenters. The van der Waals surface area contributed by atoms with E-state index in [0.717, 1.165) is 22.8 Å². The normalized spacial score (nSPS) is 14.5. The summed E-state index contributed by atoms with van der Waals surface area (Å²) in [5, 5.41) is 3.50. The molecule has 0 spiro atoms. The molecule has 1 N–H and O–H groups in total. The molecule has 1 aliphatic rings. The summed E-state index contributed by atoms with van der Waals surface area (Å²) in [5.74, 6) is 0.857. The summed E-state index contributed by atoms with van der Waals surface area (Å²) < 4.78 is 16.9. The number of nitrogens with one attached hydrogen (secondary N) is 1. The highest BCUT2D eigenvalue weighted by Crippen LogP contribution is 2.26. The van der Waals surface area contributed by atoms with Gasteiger partial charge in [-0.3, -0.25) is 0 Å². The van der Waals surface area contributed by atoms with E-state index in [4.69, 9.17) is 14.2 Å². The van der Waals surface area contributed by atoms with Crippen LogP contribution in [0.2, 0.25) is 0 Å². The molecule has 1 aromatic rings. The first-order valence-corrected chi connectivity index (χ1v) is 7.80. The molecule has 1 saturated carbocycles. The average Bonchev–Trinajstić information content (AvgIpc) is 3.26. The minimum atomic E-state index is 0.544. The molecule has 1 aromatic carbocycles. The van der Waals surface area contributed by atoms with Gasteiger partial charge in [0.1, 0.15) is 12.4 Å². The third kappa shape index (κ3) is 5.79. The minimum Gasteiger partial charge on any atom is -0.490 e. The number of methoxy groups -OCH3 is 1. The van der Waals surface area contributed by atoms with Crippen molar-refractivity contribution in [2.75, 3.05) is 33.5 Å². The molecule has 0 radical (unpaired) electrons. The summed E-state index contributed by atoms with van der Waals surface area (Å²) in [5.41, 5.74) is 1.27. The lowest BCUT2D eigenvalue weighted by molar-refractivity contribution is 0.0543. The standard InChI is InChI=1S/C15H22BrNO3/c1-18-6-7-19-8-9-20-15-5-2-12(10-14(15)16)11-17-13-3-4-13/h2,5,10,13,17H,3-4,6-9,11H2,1H3. The Hall–Kier alpha value is -0.620. The molecule has 0 amide bonds. The Balaban J connectivity index is 1.68. The van der Waals surface area contributed by atoms with Gasteiger partial charge in [-0.2, -0.15) is 0 Å². The molecule has 2 rings (SSSR count). The summed E-state index contributed by atoms with van der Waals surface area (Å²) in [6.07, 6.45) is 2.62. The maximum absolute atomic E-state index is 5.68. The number of benzene rings is 1. The zero-order valence-electron chi connectivity index (χ0n) is 11.9. The van der Waals surface area contributed by atoms with Crippen molar-refractivity contribution >= 4 is 15.9 Å². The van der Waals surface area contributed by atoms with E-state index in [0.29, 0.717) is 26.4 Å². The Morgan fingerprint density at radius 3 is 2.70 bits per heavy atom. The van der Waals surface area contributed by atoms with Gasteiger partial charge in [-0.25, -0.2) is 0 Å². The summed E-state index contributed by atoms with van der Waals surface area (Å²) in [6, 6.07) is 6.94. The molecule has 5 heteroatoms. The van der Waals surface area contributed by atoms with Crippen LogP contribution in [-0.2, 0) is 16.0 Å². The van der Waals surface area contributed by atoms with Crippen LogP contribution in [-0.4, -0.2) is 39.6 Å². The lowest BCUT2D eigenvalue weighted by Gasteiger charge is -2.10. The number of hydrogen-bond donors (Lipinski definition) is 1. The fraction of sp³-hybridized carbons (Fsp3) is 0.600. The summed E-state index contributed by atoms with van der Waals surface area (Å²) in [4.78, 5) is 0. The highest BCUT2D eigenvalue weighted by molar-refractivity contribution is 9.10. The van der Waals surface area contributed by atoms with Crippen LogP contribution in [0.15, 0.2) is 22.7 Å². The molecule has 0 atom stereocenters. The van der Waals surface area contributed by atoms with E-state index in [1.54, 1.807) is 7.11 Å². The van der Waals surface area contributed by atoms with Gasteiger partial charge in [0, 0.05) is 19.7 Å². The van der Waals surface area contributed by atoms with Crippen molar-refractivity contribution in [1.82, 2.24) is 5.32 Å². The molecule has 1 aliphatic carbocycles. The lowest BCUT2D eigenvalue weighted by atomic mass is 10.2. The van der Waals surface area contributed by atoms with Crippen LogP contribution in [0.5, 0.6) is 5.75 Å². The molecule has 112 valence electrons. The molecule has 20 heavy (non-hydrogen) atoms. The smallest absolute Gasteiger partial charge is 0.133 e. The van der Waals surface area contributed by atoms with Crippen molar-refractivity contribution in [1.29, 1.82) is 0 Å². The van der Waals surface area contributed by atoms with Crippen LogP contribution < -0.4 is 10.1 Å². The third-order valence-electron chi connectivity index (χ3n) is 3.09. The predicted molar refractivity (Wildman–Crippen MR) is 82.2 cm³/mol. The Bertz CT molecular complexity index is 410. The zero-order valence-corrected chi connectivity index (χ0v) is 13.4. The topological polar surface area (TPSA) is 39.7 Å². The highest BCUT2D eigenvalue weighted by Gasteiger charge is 2.19. The van der Waals surface area contributed by atoms with Crippen LogP contribution in [0.25, 0.3) is 0 Å². The van der Waals surface area contributed by atoms with E-state index in [-0.39, 0.29) is 0 Å². The number of halogens is 1. The first-order valence-electron chi connectivity index (χ1n) is 7.01. The molecule has 0 bridgehead atoms. The Morgan fingerprint density at radius 1 is 1.20 bits per heavy atom. The second kappa shape index (κ2) is 8.62. The van der Waals surface area contributed by atoms with Gasteiger partial charge >= 0.3 is 0 Å². The minimum absolute atomic E-state index is 0.544. The molecule has 0 aromatic heterocycles. The van der Waals surface area contributed by atoms with E-state index in [2.05, 4.69) is 33.4 Å². The van der Waals surface area contributed by atoms with E-state index < -0.39 is 0 Å². The Kier molecular flexibility index (Phi) is 6.79. The van der Waals surface area contributed by atoms with Gasteiger partial charge in [-0.05, 0) is 46.5 Å². The van der Waals surface area contributed by atoms with Crippen LogP contribution in [0.4, 0.5) is 0 Å². The van der Waals surface area contributed by atoms with Gasteiger partial charge in [-0.15, -0.1) is 0 Å². The van der Waals surface area contributed by atoms with E-state index in [9.17, 15) is 0 Å². The van der Waals surface area contributed by atoms with Crippen LogP contribution in [0, 0.1) is 0 Å². The molecule has 1 fully saturated rings. The summed E-state index contributed by atoms with van der Waals surface area (Å²) in [6.45, 7) is 3.26. The van der Waals surface area contributed by atoms with Crippen LogP contribution in [0.1, 0.15) is 18.4 Å². The molecule has 0 saturated heterocycles. The SMILES string of the molecule is COCCOCCOc1ccc(CNC2CC2)cc1Br. The van der Waals surface area contributed by atoms with E-state index >= 15 is 0 Å². The van der Waals surface area contributed by atoms with Crippen molar-refractivity contribution in [3.8, 4) is 5.75 Å². The van der Waals surface area contributed by atoms with Crippen molar-refractivity contribution in [2.45, 2.75) is 25.4 Å². The zero-order chi connectivity index (χ0) is 14.2. The van der Waals surface area contributed by atoms with Gasteiger partial charge < -0.3 is 19.5 Å². The van der Waals surface area contributed by atoms with Crippen molar-refractivity contribution < 1.29 is 14.2 Å². The second-order valence-corrected chi connectivity index (χ2v) is 5.73. The third-order valence-corrected chi connectivity index (χ3v) is 3.71. The van der Waals surface area contributed by atoms with Gasteiger partial charge in [0.25, 0.3) is 0 Å². The largest absolute Gasteiger partial charge is 0.490 e. The van der Waals surface area contributed by atoms with Crippen LogP contribution in [0.3, 0.4) is 0 Å². The van der Waals surface area contributed by atoms with Crippen LogP contribution >= 0.6 is 15.9 Å². The maximum Gasteiger partial charge on any atom is 0.133 e. The highest BCUT2D eigenvalue weighted by atomic mass is 79.9. The molecule has 0 aliphatic heterocycles. The first-order chi connectivity index (χ1) is 9.79. The second-order valence-electron chi connectivity index (χ2n) is 4.87. The van der Waals surface area contributed by atoms with Crippen molar-refractivity contribution in [2.24, 2.45) is 0 Å². The fourth-order valence-corrected chi connectivity index (χ4v) is 2.32. The monoisotopic (exact) mass is 343 g/mol.